The second-order valence-electron chi connectivity index (χ2n) is 15.6. The molecule has 2 fully saturated rings. The topological polar surface area (TPSA) is 106 Å². The van der Waals surface area contributed by atoms with Gasteiger partial charge >= 0.3 is 0 Å². The van der Waals surface area contributed by atoms with E-state index in [1.807, 2.05) is 57.1 Å². The van der Waals surface area contributed by atoms with Crippen LogP contribution in [0.3, 0.4) is 0 Å². The van der Waals surface area contributed by atoms with Crippen LogP contribution in [-0.4, -0.2) is 94.3 Å². The number of aliphatic hydroxyl groups excluding tert-OH is 2. The molecule has 10 heteroatoms. The minimum atomic E-state index is -0.978. The number of hydrogen-bond acceptors (Lipinski definition) is 10. The van der Waals surface area contributed by atoms with Crippen LogP contribution in [0.15, 0.2) is 72.2 Å². The van der Waals surface area contributed by atoms with Crippen LogP contribution in [0.1, 0.15) is 82.8 Å². The maximum atomic E-state index is 9.87. The molecule has 3 heterocycles. The van der Waals surface area contributed by atoms with Gasteiger partial charge in [-0.25, -0.2) is 0 Å². The van der Waals surface area contributed by atoms with Crippen molar-refractivity contribution in [1.29, 1.82) is 0 Å². The molecule has 2 N–H and O–H groups in total. The van der Waals surface area contributed by atoms with Gasteiger partial charge in [-0.15, -0.1) is 6.58 Å². The molecule has 1 aromatic heterocycles. The monoisotopic (exact) mass is 733 g/mol. The minimum absolute atomic E-state index is 0.0468. The van der Waals surface area contributed by atoms with Crippen molar-refractivity contribution in [2.45, 2.75) is 94.7 Å². The third kappa shape index (κ3) is 9.42. The van der Waals surface area contributed by atoms with Crippen molar-refractivity contribution >= 4 is 17.5 Å². The zero-order valence-corrected chi connectivity index (χ0v) is 32.2. The summed E-state index contributed by atoms with van der Waals surface area (Å²) in [7, 11) is 0. The predicted molar refractivity (Wildman–Crippen MR) is 208 cm³/mol. The maximum absolute atomic E-state index is 9.87. The van der Waals surface area contributed by atoms with Crippen LogP contribution < -0.4 is 9.47 Å². The Labute approximate surface area is 314 Å². The third-order valence-electron chi connectivity index (χ3n) is 10.7. The van der Waals surface area contributed by atoms with Gasteiger partial charge in [0, 0.05) is 63.1 Å². The molecule has 52 heavy (non-hydrogen) atoms. The highest BCUT2D eigenvalue weighted by atomic mass is 32.2. The summed E-state index contributed by atoms with van der Waals surface area (Å²) in [5, 5.41) is 24.5. The molecule has 2 aromatic rings. The first-order valence-electron chi connectivity index (χ1n) is 19.4. The zero-order chi connectivity index (χ0) is 36.6. The normalized spacial score (nSPS) is 27.3. The van der Waals surface area contributed by atoms with Gasteiger partial charge in [-0.2, -0.15) is 11.8 Å². The summed E-state index contributed by atoms with van der Waals surface area (Å²) in [6.45, 7) is 14.7. The Morgan fingerprint density at radius 2 is 1.85 bits per heavy atom. The van der Waals surface area contributed by atoms with Gasteiger partial charge < -0.3 is 29.3 Å². The number of ether oxygens (including phenoxy) is 3. The number of oxime groups is 1. The molecule has 1 aromatic carbocycles. The van der Waals surface area contributed by atoms with Crippen molar-refractivity contribution < 1.29 is 29.3 Å². The van der Waals surface area contributed by atoms with Crippen molar-refractivity contribution in [3.05, 3.63) is 78.2 Å². The highest BCUT2D eigenvalue weighted by molar-refractivity contribution is 8.00. The second kappa shape index (κ2) is 18.0. The number of thioether (sulfide) groups is 1. The van der Waals surface area contributed by atoms with Gasteiger partial charge in [-0.1, -0.05) is 30.1 Å². The van der Waals surface area contributed by atoms with Gasteiger partial charge in [0.05, 0.1) is 23.5 Å². The van der Waals surface area contributed by atoms with E-state index in [1.54, 1.807) is 0 Å². The average molecular weight is 734 g/mol. The number of benzene rings is 1. The standard InChI is InChI=1S/C42H59N3O6S/c1-5-24-49-42-38(52-26-16-30-14-17-43-18-15-30)29-36(44-51-41(2,3)4)34-27-31(10-6-8-22-46)33(11-7-9-23-47)39(40(34)42)35-28-32(12-13-37(35)50-42)48-25-21-45-19-20-45/h5,12-15,17-18,27-28,31,33,38-40,46-47H,1,6-11,16,19-26,29H2,2-4H3. The lowest BCUT2D eigenvalue weighted by Crippen LogP contribution is -2.64. The fourth-order valence-electron chi connectivity index (χ4n) is 8.21. The summed E-state index contributed by atoms with van der Waals surface area (Å²) in [6, 6.07) is 10.5. The Kier molecular flexibility index (Phi) is 13.4. The van der Waals surface area contributed by atoms with Crippen LogP contribution >= 0.6 is 11.8 Å². The highest BCUT2D eigenvalue weighted by Gasteiger charge is 2.64. The number of hydrogen-bond donors (Lipinski definition) is 2. The lowest BCUT2D eigenvalue weighted by Gasteiger charge is -2.58. The summed E-state index contributed by atoms with van der Waals surface area (Å²) in [5.41, 5.74) is 4.05. The molecule has 6 unspecified atom stereocenters. The molecule has 0 spiro atoms. The lowest BCUT2D eigenvalue weighted by molar-refractivity contribution is -0.223. The van der Waals surface area contributed by atoms with Crippen molar-refractivity contribution in [1.82, 2.24) is 9.88 Å². The SMILES string of the molecule is C=CCOC12Oc3ccc(OCCN4CC4)cc3C3C(CCCCO)C(CCCCO)C=C(C(=NOC(C)(C)C)CC1SCCc1ccncc1)C32. The largest absolute Gasteiger partial charge is 0.492 e. The van der Waals surface area contributed by atoms with E-state index in [1.165, 1.54) is 5.56 Å². The van der Waals surface area contributed by atoms with Crippen LogP contribution in [0.5, 0.6) is 11.5 Å². The molecule has 6 atom stereocenters. The predicted octanol–water partition coefficient (Wildman–Crippen LogP) is 7.18. The molecule has 0 amide bonds. The number of allylic oxidation sites excluding steroid dienone is 1. The van der Waals surface area contributed by atoms with Crippen molar-refractivity contribution in [3.63, 3.8) is 0 Å². The lowest BCUT2D eigenvalue weighted by atomic mass is 9.56. The van der Waals surface area contributed by atoms with E-state index >= 15 is 0 Å². The van der Waals surface area contributed by atoms with Crippen LogP contribution in [-0.2, 0) is 16.0 Å². The summed E-state index contributed by atoms with van der Waals surface area (Å²) >= 11 is 1.88. The minimum Gasteiger partial charge on any atom is -0.492 e. The molecule has 2 aliphatic heterocycles. The van der Waals surface area contributed by atoms with Gasteiger partial charge in [-0.05, 0) is 112 Å². The van der Waals surface area contributed by atoms with E-state index < -0.39 is 11.4 Å². The van der Waals surface area contributed by atoms with Crippen molar-refractivity contribution in [2.75, 3.05) is 51.8 Å². The summed E-state index contributed by atoms with van der Waals surface area (Å²) in [5.74, 6) is 1.99. The molecule has 4 aliphatic rings. The highest BCUT2D eigenvalue weighted by Crippen LogP contribution is 2.62. The number of aliphatic hydroxyl groups is 2. The Morgan fingerprint density at radius 3 is 2.56 bits per heavy atom. The Morgan fingerprint density at radius 1 is 1.08 bits per heavy atom. The molecule has 0 radical (unpaired) electrons. The van der Waals surface area contributed by atoms with E-state index in [-0.39, 0.29) is 42.1 Å². The third-order valence-corrected chi connectivity index (χ3v) is 12.1. The first kappa shape index (κ1) is 38.8. The van der Waals surface area contributed by atoms with Gasteiger partial charge in [-0.3, -0.25) is 9.88 Å². The fourth-order valence-corrected chi connectivity index (χ4v) is 9.62. The molecule has 1 saturated carbocycles. The quantitative estimate of drug-likeness (QED) is 0.0634. The Balaban J connectivity index is 1.48. The summed E-state index contributed by atoms with van der Waals surface area (Å²) in [4.78, 5) is 12.8. The van der Waals surface area contributed by atoms with Crippen molar-refractivity contribution in [3.8, 4) is 11.5 Å². The summed E-state index contributed by atoms with van der Waals surface area (Å²) < 4.78 is 20.7. The first-order valence-corrected chi connectivity index (χ1v) is 20.4. The van der Waals surface area contributed by atoms with Crippen LogP contribution in [0.2, 0.25) is 0 Å². The van der Waals surface area contributed by atoms with Gasteiger partial charge in [0.2, 0.25) is 5.79 Å². The van der Waals surface area contributed by atoms with E-state index in [9.17, 15) is 10.2 Å². The van der Waals surface area contributed by atoms with Crippen LogP contribution in [0.4, 0.5) is 0 Å². The number of aromatic nitrogens is 1. The zero-order valence-electron chi connectivity index (χ0n) is 31.4. The van der Waals surface area contributed by atoms with Crippen molar-refractivity contribution in [2.24, 2.45) is 22.9 Å². The number of aryl methyl sites for hydroxylation is 1. The molecule has 0 bridgehead atoms. The number of nitrogens with zero attached hydrogens (tertiary/aromatic N) is 3. The molecular formula is C42H59N3O6S. The molecule has 2 aliphatic carbocycles. The fraction of sp³-hybridized carbons (Fsp3) is 0.619. The van der Waals surface area contributed by atoms with Crippen LogP contribution in [0.25, 0.3) is 0 Å². The molecular weight excluding hydrogens is 675 g/mol. The van der Waals surface area contributed by atoms with Gasteiger partial charge in [0.1, 0.15) is 23.7 Å². The molecule has 1 saturated heterocycles. The maximum Gasteiger partial charge on any atom is 0.230 e. The van der Waals surface area contributed by atoms with E-state index in [4.69, 9.17) is 24.2 Å². The number of rotatable bonds is 20. The van der Waals surface area contributed by atoms with Gasteiger partial charge in [0.25, 0.3) is 0 Å². The second-order valence-corrected chi connectivity index (χ2v) is 16.9. The number of pyridine rings is 1. The number of fused-ring (bicyclic) bond motifs is 2. The molecule has 6 rings (SSSR count). The Hall–Kier alpha value is -2.89. The smallest absolute Gasteiger partial charge is 0.230 e. The molecule has 284 valence electrons. The summed E-state index contributed by atoms with van der Waals surface area (Å²) in [6.07, 6.45) is 14.8. The molecule has 9 nitrogen and oxygen atoms in total. The number of unbranched alkanes of at least 4 members (excludes halogenated alkanes) is 2. The van der Waals surface area contributed by atoms with E-state index in [0.29, 0.717) is 19.6 Å². The van der Waals surface area contributed by atoms with Crippen LogP contribution in [0, 0.1) is 17.8 Å². The first-order chi connectivity index (χ1) is 25.3. The average Bonchev–Trinajstić information content (AvgIpc) is 3.96. The van der Waals surface area contributed by atoms with Gasteiger partial charge in [0.15, 0.2) is 0 Å². The Bertz CT molecular complexity index is 1530. The van der Waals surface area contributed by atoms with E-state index in [0.717, 1.165) is 98.7 Å². The van der Waals surface area contributed by atoms with E-state index in [2.05, 4.69) is 46.8 Å².